The molecule has 1 atom stereocenters. The lowest BCUT2D eigenvalue weighted by atomic mass is 10.0. The highest BCUT2D eigenvalue weighted by Gasteiger charge is 2.04. The maximum Gasteiger partial charge on any atom is 0.316 e. The second kappa shape index (κ2) is 6.61. The van der Waals surface area contributed by atoms with Gasteiger partial charge in [0.05, 0.1) is 0 Å². The van der Waals surface area contributed by atoms with Crippen molar-refractivity contribution in [2.24, 2.45) is 5.73 Å². The summed E-state index contributed by atoms with van der Waals surface area (Å²) in [5.41, 5.74) is 8.08. The highest BCUT2D eigenvalue weighted by molar-refractivity contribution is 5.87. The molecule has 0 aliphatic rings. The van der Waals surface area contributed by atoms with Gasteiger partial charge in [0.15, 0.2) is 0 Å². The summed E-state index contributed by atoms with van der Waals surface area (Å²) in [7, 11) is 0. The van der Waals surface area contributed by atoms with Crippen LogP contribution < -0.4 is 16.4 Å². The summed E-state index contributed by atoms with van der Waals surface area (Å²) in [4.78, 5) is 10.7. The fourth-order valence-electron chi connectivity index (χ4n) is 1.98. The second-order valence-electron chi connectivity index (χ2n) is 4.76. The highest BCUT2D eigenvalue weighted by atomic mass is 16.2. The van der Waals surface area contributed by atoms with Crippen LogP contribution in [0.4, 0.5) is 16.2 Å². The van der Waals surface area contributed by atoms with E-state index in [4.69, 9.17) is 5.73 Å². The van der Waals surface area contributed by atoms with Crippen LogP contribution in [0.2, 0.25) is 0 Å². The van der Waals surface area contributed by atoms with Gasteiger partial charge < -0.3 is 16.4 Å². The molecule has 4 heteroatoms. The molecule has 1 unspecified atom stereocenters. The highest BCUT2D eigenvalue weighted by Crippen LogP contribution is 2.17. The van der Waals surface area contributed by atoms with Gasteiger partial charge in [-0.15, -0.1) is 0 Å². The number of urea groups is 1. The van der Waals surface area contributed by atoms with Crippen LogP contribution in [0.25, 0.3) is 0 Å². The van der Waals surface area contributed by atoms with E-state index in [2.05, 4.69) is 41.8 Å². The zero-order valence-electron chi connectivity index (χ0n) is 11.5. The summed E-state index contributed by atoms with van der Waals surface area (Å²) in [6.07, 6.45) is 0. The largest absolute Gasteiger partial charge is 0.384 e. The summed E-state index contributed by atoms with van der Waals surface area (Å²) in [5, 5.41) is 5.91. The number of anilines is 2. The molecule has 4 nitrogen and oxygen atoms in total. The smallest absolute Gasteiger partial charge is 0.316 e. The van der Waals surface area contributed by atoms with Gasteiger partial charge in [-0.2, -0.15) is 0 Å². The van der Waals surface area contributed by atoms with Crippen LogP contribution in [0.5, 0.6) is 0 Å². The number of amides is 2. The molecule has 0 saturated carbocycles. The van der Waals surface area contributed by atoms with Crippen LogP contribution in [0, 0.1) is 0 Å². The molecule has 0 saturated heterocycles. The molecule has 0 aliphatic carbocycles. The van der Waals surface area contributed by atoms with Crippen LogP contribution in [0.15, 0.2) is 54.6 Å². The minimum absolute atomic E-state index is 0.430. The van der Waals surface area contributed by atoms with Crippen molar-refractivity contribution < 1.29 is 4.79 Å². The van der Waals surface area contributed by atoms with Crippen molar-refractivity contribution in [3.8, 4) is 0 Å². The van der Waals surface area contributed by atoms with Crippen molar-refractivity contribution in [3.63, 3.8) is 0 Å². The number of benzene rings is 2. The molecule has 4 N–H and O–H groups in total. The third-order valence-electron chi connectivity index (χ3n) is 3.13. The summed E-state index contributed by atoms with van der Waals surface area (Å²) in [6.45, 7) is 3.04. The Hall–Kier alpha value is -2.49. The van der Waals surface area contributed by atoms with Gasteiger partial charge in [-0.1, -0.05) is 37.3 Å². The number of carbonyl (C=O) groups is 1. The number of nitrogens with one attached hydrogen (secondary N) is 2. The molecule has 20 heavy (non-hydrogen) atoms. The molecule has 2 rings (SSSR count). The Bertz CT molecular complexity index is 552. The zero-order chi connectivity index (χ0) is 14.4. The van der Waals surface area contributed by atoms with Gasteiger partial charge in [-0.05, 0) is 35.7 Å². The lowest BCUT2D eigenvalue weighted by Gasteiger charge is -2.14. The van der Waals surface area contributed by atoms with Crippen molar-refractivity contribution in [3.05, 3.63) is 60.2 Å². The van der Waals surface area contributed by atoms with E-state index in [1.165, 1.54) is 5.56 Å². The molecule has 0 radical (unpaired) electrons. The Morgan fingerprint density at radius 1 is 1.05 bits per heavy atom. The molecular weight excluding hydrogens is 250 g/mol. The SMILES string of the molecule is CC(CNc1ccc(NC(N)=O)cc1)c1ccccc1. The number of hydrogen-bond donors (Lipinski definition) is 3. The average molecular weight is 269 g/mol. The monoisotopic (exact) mass is 269 g/mol. The quantitative estimate of drug-likeness (QED) is 0.778. The van der Waals surface area contributed by atoms with Crippen LogP contribution in [-0.4, -0.2) is 12.6 Å². The topological polar surface area (TPSA) is 67.2 Å². The first kappa shape index (κ1) is 13.9. The lowest BCUT2D eigenvalue weighted by molar-refractivity contribution is 0.259. The molecular formula is C16H19N3O. The maximum atomic E-state index is 10.7. The molecule has 0 fully saturated rings. The number of nitrogens with two attached hydrogens (primary N) is 1. The third-order valence-corrected chi connectivity index (χ3v) is 3.13. The van der Waals surface area contributed by atoms with Crippen LogP contribution in [0.3, 0.4) is 0 Å². The minimum Gasteiger partial charge on any atom is -0.384 e. The van der Waals surface area contributed by atoms with Gasteiger partial charge >= 0.3 is 6.03 Å². The Balaban J connectivity index is 1.89. The standard InChI is InChI=1S/C16H19N3O/c1-12(13-5-3-2-4-6-13)11-18-14-7-9-15(10-8-14)19-16(17)20/h2-10,12,18H,11H2,1H3,(H3,17,19,20). The van der Waals surface area contributed by atoms with E-state index in [1.807, 2.05) is 30.3 Å². The van der Waals surface area contributed by atoms with Gasteiger partial charge in [-0.25, -0.2) is 4.79 Å². The van der Waals surface area contributed by atoms with Gasteiger partial charge in [0.2, 0.25) is 0 Å². The molecule has 0 spiro atoms. The van der Waals surface area contributed by atoms with Gasteiger partial charge in [0, 0.05) is 17.9 Å². The van der Waals surface area contributed by atoms with E-state index in [0.717, 1.165) is 12.2 Å². The number of primary amides is 1. The van der Waals surface area contributed by atoms with E-state index in [9.17, 15) is 4.79 Å². The molecule has 0 aliphatic heterocycles. The molecule has 0 aromatic heterocycles. The molecule has 0 heterocycles. The average Bonchev–Trinajstić information content (AvgIpc) is 2.46. The summed E-state index contributed by atoms with van der Waals surface area (Å²) < 4.78 is 0. The van der Waals surface area contributed by atoms with Crippen LogP contribution in [0.1, 0.15) is 18.4 Å². The van der Waals surface area contributed by atoms with Crippen molar-refractivity contribution in [2.75, 3.05) is 17.2 Å². The molecule has 104 valence electrons. The Morgan fingerprint density at radius 3 is 2.25 bits per heavy atom. The molecule has 0 bridgehead atoms. The van der Waals surface area contributed by atoms with E-state index in [0.29, 0.717) is 11.6 Å². The fraction of sp³-hybridized carbons (Fsp3) is 0.188. The number of carbonyl (C=O) groups excluding carboxylic acids is 1. The second-order valence-corrected chi connectivity index (χ2v) is 4.76. The van der Waals surface area contributed by atoms with Gasteiger partial charge in [0.1, 0.15) is 0 Å². The fourth-order valence-corrected chi connectivity index (χ4v) is 1.98. The first-order chi connectivity index (χ1) is 9.65. The maximum absolute atomic E-state index is 10.7. The normalized spacial score (nSPS) is 11.7. The number of hydrogen-bond acceptors (Lipinski definition) is 2. The van der Waals surface area contributed by atoms with E-state index >= 15 is 0 Å². The van der Waals surface area contributed by atoms with E-state index < -0.39 is 6.03 Å². The van der Waals surface area contributed by atoms with Gasteiger partial charge in [-0.3, -0.25) is 0 Å². The van der Waals surface area contributed by atoms with Crippen molar-refractivity contribution in [1.82, 2.24) is 0 Å². The van der Waals surface area contributed by atoms with Crippen molar-refractivity contribution in [2.45, 2.75) is 12.8 Å². The van der Waals surface area contributed by atoms with E-state index in [1.54, 1.807) is 0 Å². The van der Waals surface area contributed by atoms with Crippen molar-refractivity contribution >= 4 is 17.4 Å². The first-order valence-electron chi connectivity index (χ1n) is 6.60. The predicted octanol–water partition coefficient (Wildman–Crippen LogP) is 3.39. The van der Waals surface area contributed by atoms with Gasteiger partial charge in [0.25, 0.3) is 0 Å². The summed E-state index contributed by atoms with van der Waals surface area (Å²) >= 11 is 0. The molecule has 2 aromatic rings. The third kappa shape index (κ3) is 4.02. The Kier molecular flexibility index (Phi) is 4.60. The Labute approximate surface area is 119 Å². The van der Waals surface area contributed by atoms with E-state index in [-0.39, 0.29) is 0 Å². The van der Waals surface area contributed by atoms with Crippen LogP contribution in [-0.2, 0) is 0 Å². The minimum atomic E-state index is -0.552. The first-order valence-corrected chi connectivity index (χ1v) is 6.60. The molecule has 2 aromatic carbocycles. The zero-order valence-corrected chi connectivity index (χ0v) is 11.5. The predicted molar refractivity (Wildman–Crippen MR) is 83.0 cm³/mol. The summed E-state index contributed by atoms with van der Waals surface area (Å²) in [6, 6.07) is 17.3. The number of rotatable bonds is 5. The Morgan fingerprint density at radius 2 is 1.65 bits per heavy atom. The summed E-state index contributed by atoms with van der Waals surface area (Å²) in [5.74, 6) is 0.430. The van der Waals surface area contributed by atoms with Crippen molar-refractivity contribution in [1.29, 1.82) is 0 Å². The van der Waals surface area contributed by atoms with Crippen LogP contribution >= 0.6 is 0 Å². The lowest BCUT2D eigenvalue weighted by Crippen LogP contribution is -2.19. The molecule has 2 amide bonds.